The lowest BCUT2D eigenvalue weighted by Gasteiger charge is -2.17. The minimum Gasteiger partial charge on any atom is -0.355 e. The number of carbonyl (C=O) groups is 1. The number of hydrogen-bond acceptors (Lipinski definition) is 2. The Kier molecular flexibility index (Phi) is 9.91. The van der Waals surface area contributed by atoms with Crippen LogP contribution in [0.1, 0.15) is 42.5 Å². The minimum atomic E-state index is 0. The molecule has 0 heterocycles. The monoisotopic (exact) mass is 207 g/mol. The molecule has 0 aromatic carbocycles. The zero-order valence-electron chi connectivity index (χ0n) is 9.48. The number of rotatable bonds is 3. The van der Waals surface area contributed by atoms with Crippen molar-refractivity contribution in [1.82, 2.24) is 5.32 Å². The average molecular weight is 207 g/mol. The molecule has 0 fully saturated rings. The Labute approximate surface area is 89.4 Å². The number of carbonyl (C=O) groups excluding carboxylic acids is 1. The summed E-state index contributed by atoms with van der Waals surface area (Å²) in [4.78, 5) is 10.7. The average Bonchev–Trinajstić information content (AvgIpc) is 2.05. The molecule has 3 heteroatoms. The maximum atomic E-state index is 10.7. The van der Waals surface area contributed by atoms with Gasteiger partial charge in [0.25, 0.3) is 0 Å². The van der Waals surface area contributed by atoms with Crippen LogP contribution in [0.15, 0.2) is 0 Å². The van der Waals surface area contributed by atoms with Gasteiger partial charge in [0.05, 0.1) is 5.75 Å². The van der Waals surface area contributed by atoms with Gasteiger partial charge in [0.2, 0.25) is 5.91 Å². The first-order valence-electron chi connectivity index (χ1n) is 4.83. The number of hydrogen-bond donors (Lipinski definition) is 2. The minimum absolute atomic E-state index is 0. The highest BCUT2D eigenvalue weighted by atomic mass is 32.1. The Morgan fingerprint density at radius 2 is 1.85 bits per heavy atom. The van der Waals surface area contributed by atoms with E-state index in [-0.39, 0.29) is 13.1 Å². The molecule has 1 amide bonds. The Morgan fingerprint density at radius 3 is 2.15 bits per heavy atom. The lowest BCUT2D eigenvalue weighted by Crippen LogP contribution is -2.27. The van der Waals surface area contributed by atoms with E-state index in [9.17, 15) is 4.79 Å². The van der Waals surface area contributed by atoms with Gasteiger partial charge in [0, 0.05) is 7.97 Å². The van der Waals surface area contributed by atoms with Crippen LogP contribution in [0.5, 0.6) is 0 Å². The van der Waals surface area contributed by atoms with E-state index in [0.717, 1.165) is 13.0 Å². The van der Waals surface area contributed by atoms with Crippen LogP contribution in [0.2, 0.25) is 0 Å². The third kappa shape index (κ3) is 14.7. The molecular weight excluding hydrogens is 182 g/mol. The molecule has 0 aliphatic carbocycles. The van der Waals surface area contributed by atoms with E-state index in [4.69, 9.17) is 0 Å². The number of nitrogens with one attached hydrogen (secondary N) is 1. The molecule has 0 saturated heterocycles. The van der Waals surface area contributed by atoms with Crippen molar-refractivity contribution in [3.05, 3.63) is 0 Å². The lowest BCUT2D eigenvalue weighted by atomic mass is 9.92. The van der Waals surface area contributed by atoms with Gasteiger partial charge in [-0.15, -0.1) is 0 Å². The third-order valence-corrected chi connectivity index (χ3v) is 1.63. The molecule has 13 heavy (non-hydrogen) atoms. The highest BCUT2D eigenvalue weighted by molar-refractivity contribution is 7.81. The molecule has 0 saturated carbocycles. The molecule has 0 aliphatic rings. The Hall–Kier alpha value is -0.180. The summed E-state index contributed by atoms with van der Waals surface area (Å²) in [7, 11) is 0. The van der Waals surface area contributed by atoms with Gasteiger partial charge in [0.15, 0.2) is 0 Å². The molecular formula is C10H25NOS. The summed E-state index contributed by atoms with van der Waals surface area (Å²) >= 11 is 3.85. The van der Waals surface area contributed by atoms with Gasteiger partial charge in [-0.1, -0.05) is 34.6 Å². The van der Waals surface area contributed by atoms with Crippen molar-refractivity contribution in [2.24, 2.45) is 5.41 Å². The van der Waals surface area contributed by atoms with Crippen LogP contribution in [0.4, 0.5) is 0 Å². The van der Waals surface area contributed by atoms with Crippen molar-refractivity contribution in [3.8, 4) is 0 Å². The second-order valence-corrected chi connectivity index (χ2v) is 4.13. The fraction of sp³-hybridized carbons (Fsp3) is 0.900. The summed E-state index contributed by atoms with van der Waals surface area (Å²) in [6.45, 7) is 11.2. The SMILES string of the molecule is CC.CC(C)(C)CCNC(=O)CS.[HH]. The topological polar surface area (TPSA) is 29.1 Å². The fourth-order valence-corrected chi connectivity index (χ4v) is 0.745. The van der Waals surface area contributed by atoms with Crippen molar-refractivity contribution in [2.75, 3.05) is 12.3 Å². The van der Waals surface area contributed by atoms with E-state index in [1.807, 2.05) is 13.8 Å². The van der Waals surface area contributed by atoms with Gasteiger partial charge in [-0.05, 0) is 11.8 Å². The van der Waals surface area contributed by atoms with Gasteiger partial charge in [-0.3, -0.25) is 4.79 Å². The molecule has 0 bridgehead atoms. The van der Waals surface area contributed by atoms with Gasteiger partial charge in [-0.2, -0.15) is 12.6 Å². The van der Waals surface area contributed by atoms with Crippen molar-refractivity contribution in [2.45, 2.75) is 41.0 Å². The molecule has 1 N–H and O–H groups in total. The zero-order chi connectivity index (χ0) is 10.9. The van der Waals surface area contributed by atoms with E-state index in [2.05, 4.69) is 38.7 Å². The predicted molar refractivity (Wildman–Crippen MR) is 64.4 cm³/mol. The Bertz CT molecular complexity index is 135. The summed E-state index contributed by atoms with van der Waals surface area (Å²) in [5.74, 6) is 0.294. The molecule has 0 spiro atoms. The quantitative estimate of drug-likeness (QED) is 0.685. The molecule has 0 aromatic heterocycles. The van der Waals surface area contributed by atoms with Crippen LogP contribution in [0.3, 0.4) is 0 Å². The number of amides is 1. The zero-order valence-corrected chi connectivity index (χ0v) is 10.4. The molecule has 82 valence electrons. The summed E-state index contributed by atoms with van der Waals surface area (Å²) in [6.07, 6.45) is 1.01. The van der Waals surface area contributed by atoms with E-state index in [0.29, 0.717) is 5.41 Å². The van der Waals surface area contributed by atoms with Gasteiger partial charge in [-0.25, -0.2) is 0 Å². The van der Waals surface area contributed by atoms with Crippen molar-refractivity contribution >= 4 is 18.5 Å². The fourth-order valence-electron chi connectivity index (χ4n) is 0.633. The normalized spacial score (nSPS) is 10.0. The van der Waals surface area contributed by atoms with Crippen molar-refractivity contribution in [1.29, 1.82) is 0 Å². The highest BCUT2D eigenvalue weighted by Gasteiger charge is 2.09. The molecule has 2 nitrogen and oxygen atoms in total. The van der Waals surface area contributed by atoms with Crippen LogP contribution in [0.25, 0.3) is 0 Å². The molecule has 0 atom stereocenters. The highest BCUT2D eigenvalue weighted by Crippen LogP contribution is 2.16. The lowest BCUT2D eigenvalue weighted by molar-refractivity contribution is -0.118. The van der Waals surface area contributed by atoms with Crippen molar-refractivity contribution < 1.29 is 6.22 Å². The van der Waals surface area contributed by atoms with Gasteiger partial charge >= 0.3 is 0 Å². The maximum absolute atomic E-state index is 10.7. The van der Waals surface area contributed by atoms with Gasteiger partial charge < -0.3 is 5.32 Å². The van der Waals surface area contributed by atoms with Crippen LogP contribution in [-0.4, -0.2) is 18.2 Å². The number of thiol groups is 1. The molecule has 0 unspecified atom stereocenters. The molecule has 0 radical (unpaired) electrons. The van der Waals surface area contributed by atoms with Crippen LogP contribution in [0, 0.1) is 5.41 Å². The summed E-state index contributed by atoms with van der Waals surface area (Å²) in [6, 6.07) is 0. The molecule has 0 rings (SSSR count). The predicted octanol–water partition coefficient (Wildman–Crippen LogP) is 2.74. The standard InChI is InChI=1S/C8H17NOS.C2H6.H2/c1-8(2,3)4-5-9-7(10)6-11;1-2;/h11H,4-6H2,1-3H3,(H,9,10);1-2H3;1H. The third-order valence-electron chi connectivity index (χ3n) is 1.34. The second kappa shape index (κ2) is 8.42. The summed E-state index contributed by atoms with van der Waals surface area (Å²) in [5, 5.41) is 2.77. The molecule has 0 aromatic rings. The second-order valence-electron chi connectivity index (χ2n) is 3.82. The first-order valence-corrected chi connectivity index (χ1v) is 5.46. The van der Waals surface area contributed by atoms with E-state index >= 15 is 0 Å². The Balaban J connectivity index is -0.000000376. The van der Waals surface area contributed by atoms with E-state index in [1.54, 1.807) is 0 Å². The summed E-state index contributed by atoms with van der Waals surface area (Å²) in [5.41, 5.74) is 0.296. The van der Waals surface area contributed by atoms with E-state index in [1.165, 1.54) is 0 Å². The smallest absolute Gasteiger partial charge is 0.229 e. The van der Waals surface area contributed by atoms with Crippen LogP contribution < -0.4 is 5.32 Å². The molecule has 0 aliphatic heterocycles. The maximum Gasteiger partial charge on any atom is 0.229 e. The first-order chi connectivity index (χ1) is 5.95. The van der Waals surface area contributed by atoms with Gasteiger partial charge in [0.1, 0.15) is 0 Å². The summed E-state index contributed by atoms with van der Waals surface area (Å²) < 4.78 is 0. The van der Waals surface area contributed by atoms with Crippen LogP contribution in [-0.2, 0) is 4.79 Å². The van der Waals surface area contributed by atoms with Crippen LogP contribution >= 0.6 is 12.6 Å². The largest absolute Gasteiger partial charge is 0.355 e. The van der Waals surface area contributed by atoms with Crippen molar-refractivity contribution in [3.63, 3.8) is 0 Å². The Morgan fingerprint density at radius 1 is 1.38 bits per heavy atom. The first kappa shape index (κ1) is 15.3. The van der Waals surface area contributed by atoms with E-state index < -0.39 is 0 Å².